The third-order valence-electron chi connectivity index (χ3n) is 4.16. The van der Waals surface area contributed by atoms with E-state index in [0.717, 1.165) is 4.57 Å². The van der Waals surface area contributed by atoms with Crippen molar-refractivity contribution in [3.8, 4) is 0 Å². The maximum atomic E-state index is 12.4. The lowest BCUT2D eigenvalue weighted by Crippen LogP contribution is -2.53. The number of nitrogens with zero attached hydrogens (tertiary/aromatic N) is 3. The summed E-state index contributed by atoms with van der Waals surface area (Å²) in [5.74, 6) is -0.259. The fourth-order valence-electron chi connectivity index (χ4n) is 2.78. The highest BCUT2D eigenvalue weighted by Gasteiger charge is 2.28. The lowest BCUT2D eigenvalue weighted by molar-refractivity contribution is -0.123. The van der Waals surface area contributed by atoms with E-state index in [0.29, 0.717) is 18.8 Å². The molecule has 2 aromatic rings. The summed E-state index contributed by atoms with van der Waals surface area (Å²) in [5.41, 5.74) is -0.241. The van der Waals surface area contributed by atoms with Gasteiger partial charge in [0.25, 0.3) is 5.56 Å². The molecule has 144 valence electrons. The molecule has 0 bridgehead atoms. The number of morpholine rings is 1. The van der Waals surface area contributed by atoms with Crippen LogP contribution in [0.3, 0.4) is 0 Å². The first-order chi connectivity index (χ1) is 11.4. The van der Waals surface area contributed by atoms with E-state index >= 15 is 0 Å². The molecule has 2 atom stereocenters. The number of rotatable bonds is 2. The van der Waals surface area contributed by atoms with E-state index < -0.39 is 17.3 Å². The van der Waals surface area contributed by atoms with E-state index in [-0.39, 0.29) is 47.9 Å². The average molecular weight is 406 g/mol. The zero-order valence-corrected chi connectivity index (χ0v) is 16.1. The van der Waals surface area contributed by atoms with Crippen LogP contribution in [-0.2, 0) is 23.6 Å². The van der Waals surface area contributed by atoms with Gasteiger partial charge in [0.2, 0.25) is 5.91 Å². The zero-order valence-electron chi connectivity index (χ0n) is 14.5. The molecule has 2 aromatic heterocycles. The Hall–Kier alpha value is -1.94. The van der Waals surface area contributed by atoms with E-state index in [1.165, 1.54) is 23.9 Å². The summed E-state index contributed by atoms with van der Waals surface area (Å²) in [4.78, 5) is 40.7. The number of hydrogen-bond donors (Lipinski definition) is 2. The summed E-state index contributed by atoms with van der Waals surface area (Å²) in [6, 6.07) is 1.05. The van der Waals surface area contributed by atoms with Gasteiger partial charge in [0.05, 0.1) is 30.0 Å². The Labute approximate surface area is 161 Å². The van der Waals surface area contributed by atoms with Gasteiger partial charge < -0.3 is 15.4 Å². The number of nitrogens with one attached hydrogen (secondary N) is 2. The third kappa shape index (κ3) is 3.90. The second-order valence-electron chi connectivity index (χ2n) is 5.80. The van der Waals surface area contributed by atoms with Crippen molar-refractivity contribution in [3.63, 3.8) is 0 Å². The minimum atomic E-state index is -0.475. The first-order valence-corrected chi connectivity index (χ1v) is 7.62. The van der Waals surface area contributed by atoms with Crippen molar-refractivity contribution in [2.75, 3.05) is 18.5 Å². The molecular formula is C15H21Cl2N5O4. The first kappa shape index (κ1) is 22.1. The van der Waals surface area contributed by atoms with Crippen LogP contribution in [-0.4, -0.2) is 45.3 Å². The molecule has 1 saturated heterocycles. The minimum Gasteiger partial charge on any atom is -0.375 e. The quantitative estimate of drug-likeness (QED) is 0.715. The minimum absolute atomic E-state index is 0. The highest BCUT2D eigenvalue weighted by atomic mass is 35.5. The molecule has 0 aromatic carbocycles. The van der Waals surface area contributed by atoms with Crippen molar-refractivity contribution < 1.29 is 9.53 Å². The number of ether oxygens (including phenoxy) is 1. The summed E-state index contributed by atoms with van der Waals surface area (Å²) in [7, 11) is 2.95. The van der Waals surface area contributed by atoms with Crippen LogP contribution in [0.4, 0.5) is 5.69 Å². The molecule has 0 radical (unpaired) electrons. The number of aryl methyl sites for hydroxylation is 1. The number of aromatic nitrogens is 3. The van der Waals surface area contributed by atoms with Crippen molar-refractivity contribution >= 4 is 47.4 Å². The van der Waals surface area contributed by atoms with Crippen LogP contribution in [0.15, 0.2) is 21.9 Å². The summed E-state index contributed by atoms with van der Waals surface area (Å²) in [5, 5.41) is 6.09. The smallest absolute Gasteiger partial charge is 0.332 e. The van der Waals surface area contributed by atoms with Gasteiger partial charge in [-0.1, -0.05) is 0 Å². The molecule has 9 nitrogen and oxygen atoms in total. The highest BCUT2D eigenvalue weighted by molar-refractivity contribution is 5.96. The van der Waals surface area contributed by atoms with Gasteiger partial charge in [0.1, 0.15) is 11.7 Å². The van der Waals surface area contributed by atoms with Crippen molar-refractivity contribution in [1.29, 1.82) is 0 Å². The number of hydrogen-bond acceptors (Lipinski definition) is 6. The van der Waals surface area contributed by atoms with Gasteiger partial charge >= 0.3 is 5.69 Å². The molecule has 1 aliphatic rings. The van der Waals surface area contributed by atoms with Crippen molar-refractivity contribution in [1.82, 2.24) is 19.4 Å². The van der Waals surface area contributed by atoms with Crippen molar-refractivity contribution in [2.24, 2.45) is 14.1 Å². The number of anilines is 1. The maximum Gasteiger partial charge on any atom is 0.332 e. The summed E-state index contributed by atoms with van der Waals surface area (Å²) < 4.78 is 7.75. The molecule has 0 unspecified atom stereocenters. The van der Waals surface area contributed by atoms with Crippen LogP contribution >= 0.6 is 24.8 Å². The number of fused-ring (bicyclic) bond motifs is 1. The monoisotopic (exact) mass is 405 g/mol. The van der Waals surface area contributed by atoms with Gasteiger partial charge in [-0.3, -0.25) is 18.7 Å². The largest absolute Gasteiger partial charge is 0.375 e. The predicted molar refractivity (Wildman–Crippen MR) is 103 cm³/mol. The van der Waals surface area contributed by atoms with Gasteiger partial charge in [-0.25, -0.2) is 9.78 Å². The Morgan fingerprint density at radius 3 is 2.65 bits per heavy atom. The molecule has 0 spiro atoms. The van der Waals surface area contributed by atoms with Gasteiger partial charge in [0.15, 0.2) is 0 Å². The van der Waals surface area contributed by atoms with Gasteiger partial charge in [-0.05, 0) is 13.0 Å². The summed E-state index contributed by atoms with van der Waals surface area (Å²) in [6.07, 6.45) is 1.17. The molecule has 3 heterocycles. The molecule has 3 rings (SSSR count). The van der Waals surface area contributed by atoms with Gasteiger partial charge in [-0.15, -0.1) is 24.8 Å². The summed E-state index contributed by atoms with van der Waals surface area (Å²) in [6.45, 7) is 2.98. The van der Waals surface area contributed by atoms with Gasteiger partial charge in [0, 0.05) is 20.6 Å². The molecule has 1 aliphatic heterocycles. The molecule has 2 N–H and O–H groups in total. The Bertz CT molecular complexity index is 927. The Morgan fingerprint density at radius 2 is 2.00 bits per heavy atom. The molecule has 0 aliphatic carbocycles. The molecular weight excluding hydrogens is 385 g/mol. The molecule has 1 amide bonds. The Balaban J connectivity index is 0.00000169. The Kier molecular flexibility index (Phi) is 7.34. The van der Waals surface area contributed by atoms with Gasteiger partial charge in [-0.2, -0.15) is 0 Å². The van der Waals surface area contributed by atoms with Crippen LogP contribution in [0.25, 0.3) is 11.0 Å². The number of halogens is 2. The van der Waals surface area contributed by atoms with Crippen LogP contribution in [0, 0.1) is 0 Å². The van der Waals surface area contributed by atoms with E-state index in [1.807, 2.05) is 6.92 Å². The van der Waals surface area contributed by atoms with Crippen molar-refractivity contribution in [3.05, 3.63) is 33.1 Å². The highest BCUT2D eigenvalue weighted by Crippen LogP contribution is 2.13. The SMILES string of the molecule is C[C@H]1OCCN[C@@H]1C(=O)Nc1cnc2c(c1)c(=O)n(C)c(=O)n2C.Cl.Cl. The predicted octanol–water partition coefficient (Wildman–Crippen LogP) is -0.209. The van der Waals surface area contributed by atoms with E-state index in [9.17, 15) is 14.4 Å². The van der Waals surface area contributed by atoms with Crippen molar-refractivity contribution in [2.45, 2.75) is 19.1 Å². The summed E-state index contributed by atoms with van der Waals surface area (Å²) >= 11 is 0. The van der Waals surface area contributed by atoms with Crippen LogP contribution in [0.2, 0.25) is 0 Å². The molecule has 0 saturated carbocycles. The Morgan fingerprint density at radius 1 is 1.31 bits per heavy atom. The van der Waals surface area contributed by atoms with E-state index in [4.69, 9.17) is 4.74 Å². The zero-order chi connectivity index (χ0) is 17.4. The maximum absolute atomic E-state index is 12.4. The van der Waals surface area contributed by atoms with E-state index in [2.05, 4.69) is 15.6 Å². The fraction of sp³-hybridized carbons (Fsp3) is 0.467. The van der Waals surface area contributed by atoms with Crippen LogP contribution in [0.5, 0.6) is 0 Å². The lowest BCUT2D eigenvalue weighted by atomic mass is 10.1. The fourth-order valence-corrected chi connectivity index (χ4v) is 2.78. The number of amides is 1. The number of carbonyl (C=O) groups is 1. The second kappa shape index (κ2) is 8.63. The molecule has 11 heteroatoms. The lowest BCUT2D eigenvalue weighted by Gasteiger charge is -2.29. The molecule has 1 fully saturated rings. The van der Waals surface area contributed by atoms with E-state index in [1.54, 1.807) is 7.05 Å². The first-order valence-electron chi connectivity index (χ1n) is 7.62. The van der Waals surface area contributed by atoms with Crippen LogP contribution < -0.4 is 21.9 Å². The van der Waals surface area contributed by atoms with Crippen LogP contribution in [0.1, 0.15) is 6.92 Å². The topological polar surface area (TPSA) is 107 Å². The third-order valence-corrected chi connectivity index (χ3v) is 4.16. The molecule has 26 heavy (non-hydrogen) atoms. The average Bonchev–Trinajstić information content (AvgIpc) is 2.58. The standard InChI is InChI=1S/C15H19N5O4.2ClH/c1-8-11(16-4-5-24-8)13(21)18-9-6-10-12(17-7-9)19(2)15(23)20(3)14(10)22;;/h6-8,11,16H,4-5H2,1-3H3,(H,18,21);2*1H/t8-,11+;;/m1../s1. The normalized spacial score (nSPS) is 19.3. The number of carbonyl (C=O) groups excluding carboxylic acids is 1. The second-order valence-corrected chi connectivity index (χ2v) is 5.80. The number of pyridine rings is 1.